The lowest BCUT2D eigenvalue weighted by atomic mass is 9.86. The van der Waals surface area contributed by atoms with Crippen molar-refractivity contribution in [3.05, 3.63) is 29.8 Å². The Kier molecular flexibility index (Phi) is 4.64. The van der Waals surface area contributed by atoms with Crippen LogP contribution in [0.5, 0.6) is 5.75 Å². The number of imide groups is 1. The van der Waals surface area contributed by atoms with Crippen molar-refractivity contribution in [2.24, 2.45) is 5.41 Å². The van der Waals surface area contributed by atoms with Gasteiger partial charge in [0.05, 0.1) is 12.0 Å². The molecule has 2 saturated heterocycles. The normalized spacial score (nSPS) is 25.4. The van der Waals surface area contributed by atoms with Gasteiger partial charge in [0.15, 0.2) is 0 Å². The minimum Gasteiger partial charge on any atom is -0.491 e. The number of β-amino-alcohol motifs (C(OH)–C–C–N with tert-alkyl or cyclic N) is 1. The Bertz CT molecular complexity index is 612. The standard InChI is InChI=1S/C17H21NO4S/c1-12-3-2-4-14(7-12)22-10-13(19)9-18-15(20)8-17(16(18)21)5-6-23-11-17/h2-4,7,13,19H,5-6,8-11H2,1H3/t13-,17-/m1/s1. The van der Waals surface area contributed by atoms with Crippen LogP contribution in [0.15, 0.2) is 24.3 Å². The van der Waals surface area contributed by atoms with Gasteiger partial charge >= 0.3 is 0 Å². The Hall–Kier alpha value is -1.53. The van der Waals surface area contributed by atoms with Crippen molar-refractivity contribution in [2.45, 2.75) is 25.9 Å². The lowest BCUT2D eigenvalue weighted by Crippen LogP contribution is -2.41. The van der Waals surface area contributed by atoms with E-state index in [0.717, 1.165) is 17.7 Å². The van der Waals surface area contributed by atoms with Crippen molar-refractivity contribution in [3.8, 4) is 5.75 Å². The number of rotatable bonds is 5. The molecule has 0 aliphatic carbocycles. The molecule has 2 atom stereocenters. The van der Waals surface area contributed by atoms with Crippen molar-refractivity contribution in [1.29, 1.82) is 0 Å². The number of thioether (sulfide) groups is 1. The number of carbonyl (C=O) groups is 2. The molecule has 1 aromatic rings. The van der Waals surface area contributed by atoms with Gasteiger partial charge in [0.25, 0.3) is 0 Å². The second-order valence-corrected chi connectivity index (χ2v) is 7.46. The molecule has 2 heterocycles. The van der Waals surface area contributed by atoms with Gasteiger partial charge in [-0.3, -0.25) is 14.5 Å². The van der Waals surface area contributed by atoms with Crippen LogP contribution < -0.4 is 4.74 Å². The van der Waals surface area contributed by atoms with Crippen LogP contribution in [0, 0.1) is 12.3 Å². The number of aliphatic hydroxyl groups is 1. The first-order chi connectivity index (χ1) is 11.0. The van der Waals surface area contributed by atoms with Gasteiger partial charge in [-0.15, -0.1) is 0 Å². The van der Waals surface area contributed by atoms with Crippen LogP contribution in [-0.2, 0) is 9.59 Å². The van der Waals surface area contributed by atoms with E-state index in [1.807, 2.05) is 31.2 Å². The van der Waals surface area contributed by atoms with E-state index in [1.165, 1.54) is 4.90 Å². The number of amides is 2. The van der Waals surface area contributed by atoms with Crippen molar-refractivity contribution in [1.82, 2.24) is 4.90 Å². The summed E-state index contributed by atoms with van der Waals surface area (Å²) in [5, 5.41) is 10.1. The van der Waals surface area contributed by atoms with E-state index in [1.54, 1.807) is 11.8 Å². The number of aliphatic hydroxyl groups excluding tert-OH is 1. The topological polar surface area (TPSA) is 66.8 Å². The Balaban J connectivity index is 1.56. The van der Waals surface area contributed by atoms with Gasteiger partial charge in [-0.25, -0.2) is 0 Å². The molecule has 1 aromatic carbocycles. The van der Waals surface area contributed by atoms with Crippen LogP contribution >= 0.6 is 11.8 Å². The maximum absolute atomic E-state index is 12.5. The predicted molar refractivity (Wildman–Crippen MR) is 88.4 cm³/mol. The highest BCUT2D eigenvalue weighted by Gasteiger charge is 2.53. The van der Waals surface area contributed by atoms with Gasteiger partial charge in [0.2, 0.25) is 11.8 Å². The summed E-state index contributed by atoms with van der Waals surface area (Å²) in [7, 11) is 0. The van der Waals surface area contributed by atoms with Crippen LogP contribution in [0.4, 0.5) is 0 Å². The number of carbonyl (C=O) groups excluding carboxylic acids is 2. The fourth-order valence-electron chi connectivity index (χ4n) is 3.12. The Morgan fingerprint density at radius 3 is 2.96 bits per heavy atom. The second kappa shape index (κ2) is 6.53. The molecule has 3 rings (SSSR count). The Morgan fingerprint density at radius 2 is 2.26 bits per heavy atom. The van der Waals surface area contributed by atoms with E-state index in [2.05, 4.69) is 0 Å². The van der Waals surface area contributed by atoms with Gasteiger partial charge in [-0.1, -0.05) is 12.1 Å². The predicted octanol–water partition coefficient (Wildman–Crippen LogP) is 1.62. The fourth-order valence-corrected chi connectivity index (χ4v) is 4.56. The van der Waals surface area contributed by atoms with Crippen molar-refractivity contribution >= 4 is 23.6 Å². The zero-order chi connectivity index (χ0) is 16.4. The Morgan fingerprint density at radius 1 is 1.43 bits per heavy atom. The van der Waals surface area contributed by atoms with E-state index in [0.29, 0.717) is 11.5 Å². The smallest absolute Gasteiger partial charge is 0.236 e. The molecule has 0 bridgehead atoms. The molecule has 2 aliphatic rings. The number of hydrogen-bond acceptors (Lipinski definition) is 5. The molecule has 5 nitrogen and oxygen atoms in total. The molecule has 0 unspecified atom stereocenters. The fraction of sp³-hybridized carbons (Fsp3) is 0.529. The number of nitrogens with zero attached hydrogens (tertiary/aromatic N) is 1. The van der Waals surface area contributed by atoms with Gasteiger partial charge in [-0.05, 0) is 36.8 Å². The average molecular weight is 335 g/mol. The molecule has 6 heteroatoms. The SMILES string of the molecule is Cc1cccc(OC[C@H](O)CN2C(=O)C[C@@]3(CCSC3)C2=O)c1. The number of ether oxygens (including phenoxy) is 1. The van der Waals surface area contributed by atoms with Crippen molar-refractivity contribution in [2.75, 3.05) is 24.7 Å². The molecule has 0 radical (unpaired) electrons. The minimum atomic E-state index is -0.882. The number of aryl methyl sites for hydroxylation is 1. The second-order valence-electron chi connectivity index (χ2n) is 6.35. The summed E-state index contributed by atoms with van der Waals surface area (Å²) in [6, 6.07) is 7.54. The molecule has 124 valence electrons. The van der Waals surface area contributed by atoms with Crippen LogP contribution in [0.2, 0.25) is 0 Å². The van der Waals surface area contributed by atoms with E-state index in [4.69, 9.17) is 4.74 Å². The molecule has 23 heavy (non-hydrogen) atoms. The van der Waals surface area contributed by atoms with E-state index < -0.39 is 11.5 Å². The molecular formula is C17H21NO4S. The van der Waals surface area contributed by atoms with Gasteiger partial charge in [0, 0.05) is 12.2 Å². The molecule has 0 aromatic heterocycles. The quantitative estimate of drug-likeness (QED) is 0.828. The van der Waals surface area contributed by atoms with Crippen LogP contribution in [0.1, 0.15) is 18.4 Å². The van der Waals surface area contributed by atoms with Crippen LogP contribution in [-0.4, -0.2) is 52.6 Å². The van der Waals surface area contributed by atoms with Crippen LogP contribution in [0.3, 0.4) is 0 Å². The summed E-state index contributed by atoms with van der Waals surface area (Å²) in [5.74, 6) is 2.01. The van der Waals surface area contributed by atoms with Gasteiger partial charge in [-0.2, -0.15) is 11.8 Å². The lowest BCUT2D eigenvalue weighted by Gasteiger charge is -2.22. The van der Waals surface area contributed by atoms with E-state index >= 15 is 0 Å². The molecule has 2 fully saturated rings. The summed E-state index contributed by atoms with van der Waals surface area (Å²) in [4.78, 5) is 25.9. The maximum Gasteiger partial charge on any atom is 0.236 e. The van der Waals surface area contributed by atoms with Crippen LogP contribution in [0.25, 0.3) is 0 Å². The number of benzene rings is 1. The zero-order valence-electron chi connectivity index (χ0n) is 13.2. The number of likely N-dealkylation sites (tertiary alicyclic amines) is 1. The third kappa shape index (κ3) is 3.38. The number of hydrogen-bond donors (Lipinski definition) is 1. The monoisotopic (exact) mass is 335 g/mol. The highest BCUT2D eigenvalue weighted by Crippen LogP contribution is 2.44. The van der Waals surface area contributed by atoms with E-state index in [9.17, 15) is 14.7 Å². The molecular weight excluding hydrogens is 314 g/mol. The Labute approximate surface area is 140 Å². The van der Waals surface area contributed by atoms with E-state index in [-0.39, 0.29) is 31.4 Å². The average Bonchev–Trinajstić information content (AvgIpc) is 3.07. The minimum absolute atomic E-state index is 0.00982. The summed E-state index contributed by atoms with van der Waals surface area (Å²) >= 11 is 1.72. The molecule has 0 saturated carbocycles. The largest absolute Gasteiger partial charge is 0.491 e. The molecule has 2 amide bonds. The third-order valence-corrected chi connectivity index (χ3v) is 5.67. The first-order valence-electron chi connectivity index (χ1n) is 7.80. The highest BCUT2D eigenvalue weighted by molar-refractivity contribution is 7.99. The lowest BCUT2D eigenvalue weighted by molar-refractivity contribution is -0.142. The summed E-state index contributed by atoms with van der Waals surface area (Å²) < 4.78 is 5.54. The maximum atomic E-state index is 12.5. The summed E-state index contributed by atoms with van der Waals surface area (Å²) in [6.45, 7) is 2.03. The first kappa shape index (κ1) is 16.3. The molecule has 1 spiro atoms. The van der Waals surface area contributed by atoms with Gasteiger partial charge < -0.3 is 9.84 Å². The first-order valence-corrected chi connectivity index (χ1v) is 8.96. The molecule has 1 N–H and O–H groups in total. The zero-order valence-corrected chi connectivity index (χ0v) is 14.0. The summed E-state index contributed by atoms with van der Waals surface area (Å²) in [5.41, 5.74) is 0.557. The summed E-state index contributed by atoms with van der Waals surface area (Å²) in [6.07, 6.45) is 0.159. The van der Waals surface area contributed by atoms with Crippen molar-refractivity contribution < 1.29 is 19.4 Å². The highest BCUT2D eigenvalue weighted by atomic mass is 32.2. The van der Waals surface area contributed by atoms with Gasteiger partial charge in [0.1, 0.15) is 18.5 Å². The molecule has 2 aliphatic heterocycles. The van der Waals surface area contributed by atoms with Crippen molar-refractivity contribution in [3.63, 3.8) is 0 Å². The third-order valence-electron chi connectivity index (χ3n) is 4.42.